The Balaban J connectivity index is 1.50. The fourth-order valence-electron chi connectivity index (χ4n) is 6.34. The third-order valence-electron chi connectivity index (χ3n) is 8.45. The number of aliphatic hydroxyl groups excluding tert-OH is 1. The summed E-state index contributed by atoms with van der Waals surface area (Å²) in [6, 6.07) is 33.2. The van der Waals surface area contributed by atoms with E-state index in [0.717, 1.165) is 55.6 Å². The fourth-order valence-corrected chi connectivity index (χ4v) is 6.34. The van der Waals surface area contributed by atoms with Gasteiger partial charge in [-0.15, -0.1) is 0 Å². The van der Waals surface area contributed by atoms with Crippen LogP contribution in [0.2, 0.25) is 0 Å². The van der Waals surface area contributed by atoms with Crippen LogP contribution >= 0.6 is 0 Å². The minimum Gasteiger partial charge on any atom is -0.463 e. The van der Waals surface area contributed by atoms with Gasteiger partial charge in [0.25, 0.3) is 0 Å². The van der Waals surface area contributed by atoms with Gasteiger partial charge in [-0.3, -0.25) is 0 Å². The van der Waals surface area contributed by atoms with E-state index in [1.54, 1.807) is 0 Å². The van der Waals surface area contributed by atoms with Crippen molar-refractivity contribution in [2.75, 3.05) is 18.1 Å². The standard InChI is InChI=1S/C38H41NO3/c1-4-24-38(3)35-13-7-6-12-33(35)34-23-22-32(27-36(34)38)39(30-18-14-28(15-19-30)10-8-25-40)31-20-16-29(17-21-31)11-9-26-42-37(41)5-2/h5-7,12-23,27,40H,2,4,8-11,24-26H2,1,3H3. The van der Waals surface area contributed by atoms with Crippen molar-refractivity contribution >= 4 is 23.0 Å². The van der Waals surface area contributed by atoms with Crippen LogP contribution in [0.25, 0.3) is 11.1 Å². The number of aryl methyl sites for hydroxylation is 2. The highest BCUT2D eigenvalue weighted by Gasteiger charge is 2.38. The van der Waals surface area contributed by atoms with E-state index in [1.165, 1.54) is 39.5 Å². The van der Waals surface area contributed by atoms with Crippen LogP contribution in [-0.2, 0) is 27.8 Å². The van der Waals surface area contributed by atoms with Gasteiger partial charge >= 0.3 is 5.97 Å². The molecule has 216 valence electrons. The van der Waals surface area contributed by atoms with E-state index in [-0.39, 0.29) is 18.0 Å². The SMILES string of the molecule is C=CC(=O)OCCCc1ccc(N(c2ccc(CCCO)cc2)c2ccc3c(c2)C(C)(CCC)c2ccccc2-3)cc1. The maximum absolute atomic E-state index is 11.3. The van der Waals surface area contributed by atoms with E-state index in [9.17, 15) is 9.90 Å². The molecular weight excluding hydrogens is 518 g/mol. The lowest BCUT2D eigenvalue weighted by molar-refractivity contribution is -0.137. The summed E-state index contributed by atoms with van der Waals surface area (Å²) in [5.74, 6) is -0.379. The second-order valence-corrected chi connectivity index (χ2v) is 11.3. The highest BCUT2D eigenvalue weighted by atomic mass is 16.5. The summed E-state index contributed by atoms with van der Waals surface area (Å²) in [4.78, 5) is 13.7. The molecule has 1 unspecified atom stereocenters. The van der Waals surface area contributed by atoms with E-state index in [4.69, 9.17) is 4.74 Å². The van der Waals surface area contributed by atoms with Crippen molar-refractivity contribution in [3.05, 3.63) is 126 Å². The van der Waals surface area contributed by atoms with E-state index in [0.29, 0.717) is 6.61 Å². The maximum atomic E-state index is 11.3. The predicted octanol–water partition coefficient (Wildman–Crippen LogP) is 8.83. The first-order chi connectivity index (χ1) is 20.5. The molecule has 0 aliphatic heterocycles. The molecule has 0 spiro atoms. The Morgan fingerprint density at radius 2 is 1.43 bits per heavy atom. The molecule has 0 amide bonds. The lowest BCUT2D eigenvalue weighted by atomic mass is 9.76. The summed E-state index contributed by atoms with van der Waals surface area (Å²) in [6.45, 7) is 8.70. The topological polar surface area (TPSA) is 49.8 Å². The first-order valence-electron chi connectivity index (χ1n) is 15.1. The molecule has 0 radical (unpaired) electrons. The number of esters is 1. The van der Waals surface area contributed by atoms with Gasteiger partial charge in [0.05, 0.1) is 6.61 Å². The molecule has 0 bridgehead atoms. The third-order valence-corrected chi connectivity index (χ3v) is 8.45. The molecule has 5 rings (SSSR count). The summed E-state index contributed by atoms with van der Waals surface area (Å²) in [5.41, 5.74) is 11.2. The summed E-state index contributed by atoms with van der Waals surface area (Å²) >= 11 is 0. The number of nitrogens with zero attached hydrogens (tertiary/aromatic N) is 1. The summed E-state index contributed by atoms with van der Waals surface area (Å²) in [6.07, 6.45) is 6.62. The van der Waals surface area contributed by atoms with Gasteiger partial charge in [0.1, 0.15) is 0 Å². The second-order valence-electron chi connectivity index (χ2n) is 11.3. The van der Waals surface area contributed by atoms with Crippen molar-refractivity contribution in [3.8, 4) is 11.1 Å². The Morgan fingerprint density at radius 1 is 0.833 bits per heavy atom. The van der Waals surface area contributed by atoms with Crippen LogP contribution in [0.5, 0.6) is 0 Å². The molecule has 4 aromatic carbocycles. The van der Waals surface area contributed by atoms with Gasteiger partial charge in [0.2, 0.25) is 0 Å². The number of carbonyl (C=O) groups excluding carboxylic acids is 1. The number of hydrogen-bond donors (Lipinski definition) is 1. The summed E-state index contributed by atoms with van der Waals surface area (Å²) in [7, 11) is 0. The highest BCUT2D eigenvalue weighted by molar-refractivity contribution is 5.85. The van der Waals surface area contributed by atoms with Crippen molar-refractivity contribution in [3.63, 3.8) is 0 Å². The first-order valence-corrected chi connectivity index (χ1v) is 15.1. The van der Waals surface area contributed by atoms with E-state index in [2.05, 4.69) is 116 Å². The molecular formula is C38H41NO3. The molecule has 1 aliphatic rings. The van der Waals surface area contributed by atoms with Gasteiger partial charge < -0.3 is 14.7 Å². The lowest BCUT2D eigenvalue weighted by Crippen LogP contribution is -2.21. The largest absolute Gasteiger partial charge is 0.463 e. The zero-order valence-electron chi connectivity index (χ0n) is 24.8. The van der Waals surface area contributed by atoms with Crippen LogP contribution in [0.3, 0.4) is 0 Å². The first kappa shape index (κ1) is 29.3. The van der Waals surface area contributed by atoms with E-state index in [1.807, 2.05) is 0 Å². The number of anilines is 3. The molecule has 1 aliphatic carbocycles. The monoisotopic (exact) mass is 559 g/mol. The molecule has 0 saturated heterocycles. The number of carbonyl (C=O) groups is 1. The Labute approximate surface area is 250 Å². The number of fused-ring (bicyclic) bond motifs is 3. The molecule has 0 fully saturated rings. The van der Waals surface area contributed by atoms with Gasteiger partial charge in [-0.05, 0) is 102 Å². The normalized spacial score (nSPS) is 15.1. The van der Waals surface area contributed by atoms with Crippen LogP contribution in [0, 0.1) is 0 Å². The van der Waals surface area contributed by atoms with Crippen LogP contribution in [0.4, 0.5) is 17.1 Å². The maximum Gasteiger partial charge on any atom is 0.330 e. The molecule has 1 N–H and O–H groups in total. The summed E-state index contributed by atoms with van der Waals surface area (Å²) in [5, 5.41) is 9.28. The Kier molecular flexibility index (Phi) is 9.24. The van der Waals surface area contributed by atoms with Crippen LogP contribution in [0.15, 0.2) is 104 Å². The minimum absolute atomic E-state index is 0.0323. The van der Waals surface area contributed by atoms with Gasteiger partial charge in [-0.1, -0.05) is 81.4 Å². The van der Waals surface area contributed by atoms with Gasteiger partial charge in [0, 0.05) is 35.2 Å². The van der Waals surface area contributed by atoms with Gasteiger partial charge in [0.15, 0.2) is 0 Å². The van der Waals surface area contributed by atoms with Crippen molar-refractivity contribution in [2.24, 2.45) is 0 Å². The average Bonchev–Trinajstić information content (AvgIpc) is 3.27. The number of ether oxygens (including phenoxy) is 1. The fraction of sp³-hybridized carbons (Fsp3) is 0.289. The number of hydrogen-bond acceptors (Lipinski definition) is 4. The van der Waals surface area contributed by atoms with Crippen molar-refractivity contribution in [2.45, 2.75) is 57.8 Å². The Morgan fingerprint density at radius 3 is 2.05 bits per heavy atom. The summed E-state index contributed by atoms with van der Waals surface area (Å²) < 4.78 is 5.14. The molecule has 1 atom stereocenters. The van der Waals surface area contributed by atoms with Crippen LogP contribution < -0.4 is 4.90 Å². The van der Waals surface area contributed by atoms with Gasteiger partial charge in [-0.2, -0.15) is 0 Å². The van der Waals surface area contributed by atoms with Crippen molar-refractivity contribution in [1.82, 2.24) is 0 Å². The number of rotatable bonds is 13. The van der Waals surface area contributed by atoms with E-state index >= 15 is 0 Å². The van der Waals surface area contributed by atoms with Gasteiger partial charge in [-0.25, -0.2) is 4.79 Å². The highest BCUT2D eigenvalue weighted by Crippen LogP contribution is 2.52. The molecule has 0 heterocycles. The molecule has 4 nitrogen and oxygen atoms in total. The van der Waals surface area contributed by atoms with Crippen LogP contribution in [-0.4, -0.2) is 24.3 Å². The smallest absolute Gasteiger partial charge is 0.330 e. The molecule has 42 heavy (non-hydrogen) atoms. The Hall–Kier alpha value is -4.15. The van der Waals surface area contributed by atoms with Crippen molar-refractivity contribution < 1.29 is 14.6 Å². The van der Waals surface area contributed by atoms with Crippen LogP contribution in [0.1, 0.15) is 61.8 Å². The second kappa shape index (κ2) is 13.2. The zero-order chi connectivity index (χ0) is 29.5. The van der Waals surface area contributed by atoms with Crippen molar-refractivity contribution in [1.29, 1.82) is 0 Å². The predicted molar refractivity (Wildman–Crippen MR) is 173 cm³/mol. The number of aliphatic hydroxyl groups is 1. The molecule has 0 saturated carbocycles. The lowest BCUT2D eigenvalue weighted by Gasteiger charge is -2.30. The molecule has 0 aromatic heterocycles. The zero-order valence-corrected chi connectivity index (χ0v) is 24.8. The minimum atomic E-state index is -0.379. The quantitative estimate of drug-likeness (QED) is 0.101. The molecule has 4 heteroatoms. The third kappa shape index (κ3) is 6.05. The average molecular weight is 560 g/mol. The molecule has 4 aromatic rings. The Bertz CT molecular complexity index is 1520. The number of benzene rings is 4. The van der Waals surface area contributed by atoms with E-state index < -0.39 is 0 Å².